The van der Waals surface area contributed by atoms with Crippen LogP contribution in [-0.4, -0.2) is 17.1 Å². The van der Waals surface area contributed by atoms with Gasteiger partial charge in [-0.3, -0.25) is 4.79 Å². The maximum absolute atomic E-state index is 12.3. The topological polar surface area (TPSA) is 55.0 Å². The Bertz CT molecular complexity index is 788. The summed E-state index contributed by atoms with van der Waals surface area (Å²) >= 11 is 0. The van der Waals surface area contributed by atoms with Crippen LogP contribution >= 0.6 is 0 Å². The third kappa shape index (κ3) is 3.19. The van der Waals surface area contributed by atoms with Crippen LogP contribution in [0.25, 0.3) is 11.0 Å². The van der Waals surface area contributed by atoms with Crippen LogP contribution in [0, 0.1) is 11.3 Å². The van der Waals surface area contributed by atoms with Gasteiger partial charge in [-0.25, -0.2) is 4.98 Å². The minimum absolute atomic E-state index is 0.0550. The molecule has 0 atom stereocenters. The van der Waals surface area contributed by atoms with Gasteiger partial charge in [-0.15, -0.1) is 0 Å². The van der Waals surface area contributed by atoms with E-state index in [9.17, 15) is 4.79 Å². The lowest BCUT2D eigenvalue weighted by molar-refractivity contribution is 0.0949. The Balaban J connectivity index is 1.44. The van der Waals surface area contributed by atoms with Gasteiger partial charge in [0.05, 0.1) is 18.1 Å². The van der Waals surface area contributed by atoms with Crippen molar-refractivity contribution in [2.24, 2.45) is 11.3 Å². The lowest BCUT2D eigenvalue weighted by Gasteiger charge is -2.42. The molecule has 2 saturated carbocycles. The monoisotopic (exact) mass is 326 g/mol. The minimum atomic E-state index is -0.0550. The lowest BCUT2D eigenvalue weighted by atomic mass is 9.63. The van der Waals surface area contributed by atoms with Crippen molar-refractivity contribution in [3.8, 4) is 5.75 Å². The molecule has 2 aliphatic carbocycles. The number of aromatic nitrogens is 2. The SMILES string of the molecule is COc1ccc2nc(CCCC3(CC4CC4)CCC3)c(=O)[nH]c2c1. The summed E-state index contributed by atoms with van der Waals surface area (Å²) in [6, 6.07) is 5.62. The van der Waals surface area contributed by atoms with E-state index in [1.165, 1.54) is 44.9 Å². The number of nitrogens with zero attached hydrogens (tertiary/aromatic N) is 1. The summed E-state index contributed by atoms with van der Waals surface area (Å²) in [5.41, 5.74) is 2.79. The fraction of sp³-hybridized carbons (Fsp3) is 0.600. The highest BCUT2D eigenvalue weighted by Gasteiger charge is 2.40. The van der Waals surface area contributed by atoms with E-state index in [0.29, 0.717) is 11.1 Å². The Morgan fingerprint density at radius 3 is 2.83 bits per heavy atom. The molecule has 0 saturated heterocycles. The summed E-state index contributed by atoms with van der Waals surface area (Å²) in [5.74, 6) is 1.74. The van der Waals surface area contributed by atoms with Gasteiger partial charge in [0.1, 0.15) is 11.4 Å². The van der Waals surface area contributed by atoms with Gasteiger partial charge < -0.3 is 9.72 Å². The van der Waals surface area contributed by atoms with Crippen molar-refractivity contribution in [2.75, 3.05) is 7.11 Å². The predicted octanol–water partition coefficient (Wildman–Crippen LogP) is 4.22. The molecule has 4 heteroatoms. The normalized spacial score (nSPS) is 19.2. The maximum atomic E-state index is 12.3. The molecule has 24 heavy (non-hydrogen) atoms. The standard InChI is InChI=1S/C20H26N2O2/c1-24-15-7-8-16-18(12-15)22-19(23)17(21-16)4-2-9-20(10-3-11-20)13-14-5-6-14/h7-8,12,14H,2-6,9-11,13H2,1H3,(H,22,23). The Labute approximate surface area is 142 Å². The van der Waals surface area contributed by atoms with Crippen molar-refractivity contribution in [1.29, 1.82) is 0 Å². The van der Waals surface area contributed by atoms with Crippen molar-refractivity contribution >= 4 is 11.0 Å². The van der Waals surface area contributed by atoms with E-state index < -0.39 is 0 Å². The summed E-state index contributed by atoms with van der Waals surface area (Å²) in [6.07, 6.45) is 11.6. The number of nitrogens with one attached hydrogen (secondary N) is 1. The first-order valence-electron chi connectivity index (χ1n) is 9.24. The quantitative estimate of drug-likeness (QED) is 0.828. The second kappa shape index (κ2) is 6.23. The number of benzene rings is 1. The first-order chi connectivity index (χ1) is 11.7. The molecule has 1 N–H and O–H groups in total. The highest BCUT2D eigenvalue weighted by atomic mass is 16.5. The number of hydrogen-bond donors (Lipinski definition) is 1. The molecule has 2 aliphatic rings. The van der Waals surface area contributed by atoms with Crippen LogP contribution in [-0.2, 0) is 6.42 Å². The predicted molar refractivity (Wildman–Crippen MR) is 95.5 cm³/mol. The highest BCUT2D eigenvalue weighted by Crippen LogP contribution is 2.53. The first kappa shape index (κ1) is 15.7. The summed E-state index contributed by atoms with van der Waals surface area (Å²) in [4.78, 5) is 19.8. The van der Waals surface area contributed by atoms with Gasteiger partial charge in [-0.2, -0.15) is 0 Å². The zero-order chi connectivity index (χ0) is 16.6. The van der Waals surface area contributed by atoms with Gasteiger partial charge in [-0.1, -0.05) is 19.3 Å². The fourth-order valence-electron chi connectivity index (χ4n) is 4.20. The molecule has 0 bridgehead atoms. The van der Waals surface area contributed by atoms with Crippen molar-refractivity contribution < 1.29 is 4.74 Å². The smallest absolute Gasteiger partial charge is 0.270 e. The van der Waals surface area contributed by atoms with Crippen molar-refractivity contribution in [2.45, 2.75) is 57.8 Å². The summed E-state index contributed by atoms with van der Waals surface area (Å²) in [5, 5.41) is 0. The van der Waals surface area contributed by atoms with Crippen LogP contribution in [0.3, 0.4) is 0 Å². The van der Waals surface area contributed by atoms with Gasteiger partial charge in [0, 0.05) is 6.07 Å². The van der Waals surface area contributed by atoms with Crippen LogP contribution in [0.2, 0.25) is 0 Å². The number of methoxy groups -OCH3 is 1. The average molecular weight is 326 g/mol. The van der Waals surface area contributed by atoms with Gasteiger partial charge in [0.25, 0.3) is 5.56 Å². The van der Waals surface area contributed by atoms with Gasteiger partial charge >= 0.3 is 0 Å². The lowest BCUT2D eigenvalue weighted by Crippen LogP contribution is -2.30. The van der Waals surface area contributed by atoms with E-state index in [-0.39, 0.29) is 5.56 Å². The largest absolute Gasteiger partial charge is 0.497 e. The van der Waals surface area contributed by atoms with E-state index in [0.717, 1.165) is 35.5 Å². The third-order valence-electron chi connectivity index (χ3n) is 5.92. The molecule has 4 nitrogen and oxygen atoms in total. The zero-order valence-corrected chi connectivity index (χ0v) is 14.4. The second-order valence-corrected chi connectivity index (χ2v) is 7.75. The Hall–Kier alpha value is -1.84. The van der Waals surface area contributed by atoms with E-state index in [1.807, 2.05) is 18.2 Å². The van der Waals surface area contributed by atoms with Gasteiger partial charge in [0.15, 0.2) is 0 Å². The minimum Gasteiger partial charge on any atom is -0.497 e. The number of aromatic amines is 1. The maximum Gasteiger partial charge on any atom is 0.270 e. The molecule has 0 radical (unpaired) electrons. The molecule has 0 unspecified atom stereocenters. The molecule has 2 aromatic rings. The van der Waals surface area contributed by atoms with Crippen molar-refractivity contribution in [3.05, 3.63) is 34.2 Å². The number of fused-ring (bicyclic) bond motifs is 1. The van der Waals surface area contributed by atoms with Gasteiger partial charge in [0.2, 0.25) is 0 Å². The first-order valence-corrected chi connectivity index (χ1v) is 9.24. The summed E-state index contributed by atoms with van der Waals surface area (Å²) < 4.78 is 5.20. The zero-order valence-electron chi connectivity index (χ0n) is 14.4. The fourth-order valence-corrected chi connectivity index (χ4v) is 4.20. The average Bonchev–Trinajstić information content (AvgIpc) is 3.36. The number of H-pyrrole nitrogens is 1. The molecule has 1 aromatic carbocycles. The molecule has 0 amide bonds. The van der Waals surface area contributed by atoms with E-state index in [2.05, 4.69) is 9.97 Å². The van der Waals surface area contributed by atoms with E-state index >= 15 is 0 Å². The molecule has 1 aromatic heterocycles. The molecule has 4 rings (SSSR count). The molecule has 2 fully saturated rings. The second-order valence-electron chi connectivity index (χ2n) is 7.75. The molecule has 0 spiro atoms. The Kier molecular flexibility index (Phi) is 4.07. The van der Waals surface area contributed by atoms with Crippen LogP contribution in [0.1, 0.15) is 57.1 Å². The number of hydrogen-bond acceptors (Lipinski definition) is 3. The van der Waals surface area contributed by atoms with Crippen LogP contribution in [0.4, 0.5) is 0 Å². The molecular weight excluding hydrogens is 300 g/mol. The number of aryl methyl sites for hydroxylation is 1. The van der Waals surface area contributed by atoms with Crippen molar-refractivity contribution in [1.82, 2.24) is 9.97 Å². The van der Waals surface area contributed by atoms with Gasteiger partial charge in [-0.05, 0) is 62.0 Å². The Morgan fingerprint density at radius 2 is 2.17 bits per heavy atom. The Morgan fingerprint density at radius 1 is 1.33 bits per heavy atom. The molecule has 0 aliphatic heterocycles. The third-order valence-corrected chi connectivity index (χ3v) is 5.92. The number of rotatable bonds is 7. The van der Waals surface area contributed by atoms with Crippen LogP contribution in [0.5, 0.6) is 5.75 Å². The molecule has 1 heterocycles. The highest BCUT2D eigenvalue weighted by molar-refractivity contribution is 5.75. The van der Waals surface area contributed by atoms with E-state index in [4.69, 9.17) is 4.74 Å². The number of ether oxygens (including phenoxy) is 1. The van der Waals surface area contributed by atoms with E-state index in [1.54, 1.807) is 7.11 Å². The summed E-state index contributed by atoms with van der Waals surface area (Å²) in [7, 11) is 1.62. The molecule has 128 valence electrons. The van der Waals surface area contributed by atoms with Crippen LogP contribution < -0.4 is 10.3 Å². The van der Waals surface area contributed by atoms with Crippen LogP contribution in [0.15, 0.2) is 23.0 Å². The summed E-state index contributed by atoms with van der Waals surface area (Å²) in [6.45, 7) is 0. The molecular formula is C20H26N2O2. The van der Waals surface area contributed by atoms with Crippen molar-refractivity contribution in [3.63, 3.8) is 0 Å².